The van der Waals surface area contributed by atoms with Crippen LogP contribution in [0.25, 0.3) is 0 Å². The molecule has 0 radical (unpaired) electrons. The van der Waals surface area contributed by atoms with E-state index >= 15 is 0 Å². The third kappa shape index (κ3) is 2.65. The Morgan fingerprint density at radius 3 is 2.94 bits per heavy atom. The molecule has 0 amide bonds. The van der Waals surface area contributed by atoms with Gasteiger partial charge >= 0.3 is 0 Å². The van der Waals surface area contributed by atoms with Crippen LogP contribution in [-0.2, 0) is 6.42 Å². The van der Waals surface area contributed by atoms with E-state index in [1.165, 1.54) is 11.3 Å². The normalized spacial score (nSPS) is 12.6. The molecule has 0 aliphatic carbocycles. The van der Waals surface area contributed by atoms with Gasteiger partial charge in [0.05, 0.1) is 15.3 Å². The molecule has 2 aromatic rings. The average molecular weight is 283 g/mol. The topological polar surface area (TPSA) is 34.9 Å². The van der Waals surface area contributed by atoms with Crippen molar-refractivity contribution in [2.24, 2.45) is 0 Å². The number of Topliss-reactive ketones (excluding diaryl/α,β-unsaturated/α-hetero) is 1. The zero-order valence-corrected chi connectivity index (χ0v) is 12.0. The minimum atomic E-state index is -0.233. The molecule has 0 bridgehead atoms. The number of carbonyl (C=O) groups is 1. The first kappa shape index (κ1) is 13.3. The van der Waals surface area contributed by atoms with E-state index in [1.807, 2.05) is 17.7 Å². The molecule has 0 aliphatic heterocycles. The Morgan fingerprint density at radius 2 is 2.33 bits per heavy atom. The summed E-state index contributed by atoms with van der Waals surface area (Å²) in [5.41, 5.74) is 0. The number of imidazole rings is 1. The van der Waals surface area contributed by atoms with Crippen molar-refractivity contribution in [1.29, 1.82) is 0 Å². The van der Waals surface area contributed by atoms with Crippen molar-refractivity contribution in [2.75, 3.05) is 0 Å². The number of carbonyl (C=O) groups excluding carboxylic acids is 1. The van der Waals surface area contributed by atoms with Crippen molar-refractivity contribution in [3.8, 4) is 0 Å². The molecule has 96 valence electrons. The summed E-state index contributed by atoms with van der Waals surface area (Å²) >= 11 is 7.19. The highest BCUT2D eigenvalue weighted by Crippen LogP contribution is 2.25. The fourth-order valence-electron chi connectivity index (χ4n) is 1.89. The fraction of sp³-hybridized carbons (Fsp3) is 0.385. The van der Waals surface area contributed by atoms with Gasteiger partial charge in [-0.15, -0.1) is 11.3 Å². The van der Waals surface area contributed by atoms with Gasteiger partial charge in [0.1, 0.15) is 5.82 Å². The van der Waals surface area contributed by atoms with Crippen molar-refractivity contribution in [3.05, 3.63) is 39.6 Å². The van der Waals surface area contributed by atoms with E-state index < -0.39 is 0 Å². The summed E-state index contributed by atoms with van der Waals surface area (Å²) < 4.78 is 2.59. The summed E-state index contributed by atoms with van der Waals surface area (Å²) in [6.45, 7) is 4.00. The van der Waals surface area contributed by atoms with Gasteiger partial charge in [-0.05, 0) is 25.5 Å². The van der Waals surface area contributed by atoms with Crippen LogP contribution >= 0.6 is 22.9 Å². The zero-order chi connectivity index (χ0) is 13.1. The summed E-state index contributed by atoms with van der Waals surface area (Å²) in [6, 6.07) is 3.30. The van der Waals surface area contributed by atoms with Crippen molar-refractivity contribution in [3.63, 3.8) is 0 Å². The predicted octanol–water partition coefficient (Wildman–Crippen LogP) is 3.99. The Balaban J connectivity index is 2.22. The molecule has 0 aromatic carbocycles. The van der Waals surface area contributed by atoms with Crippen LogP contribution in [0.1, 0.15) is 41.8 Å². The molecule has 2 heterocycles. The zero-order valence-electron chi connectivity index (χ0n) is 10.4. The Kier molecular flexibility index (Phi) is 4.19. The maximum atomic E-state index is 12.3. The number of aryl methyl sites for hydroxylation is 1. The van der Waals surface area contributed by atoms with Crippen LogP contribution in [0.15, 0.2) is 24.5 Å². The number of nitrogens with zero attached hydrogens (tertiary/aromatic N) is 2. The molecule has 1 unspecified atom stereocenters. The van der Waals surface area contributed by atoms with Gasteiger partial charge < -0.3 is 4.57 Å². The molecular weight excluding hydrogens is 268 g/mol. The first-order valence-electron chi connectivity index (χ1n) is 5.94. The first-order valence-corrected chi connectivity index (χ1v) is 7.14. The van der Waals surface area contributed by atoms with Crippen LogP contribution < -0.4 is 0 Å². The molecule has 18 heavy (non-hydrogen) atoms. The van der Waals surface area contributed by atoms with Gasteiger partial charge in [0.25, 0.3) is 0 Å². The number of aromatic nitrogens is 2. The molecule has 0 saturated carbocycles. The van der Waals surface area contributed by atoms with E-state index in [2.05, 4.69) is 11.9 Å². The number of hydrogen-bond acceptors (Lipinski definition) is 3. The van der Waals surface area contributed by atoms with Crippen molar-refractivity contribution >= 4 is 28.7 Å². The Bertz CT molecular complexity index is 547. The highest BCUT2D eigenvalue weighted by atomic mass is 35.5. The van der Waals surface area contributed by atoms with Crippen LogP contribution in [0.4, 0.5) is 0 Å². The monoisotopic (exact) mass is 282 g/mol. The summed E-state index contributed by atoms with van der Waals surface area (Å²) in [5, 5.41) is 0. The lowest BCUT2D eigenvalue weighted by atomic mass is 10.1. The number of halogens is 1. The molecule has 3 nitrogen and oxygen atoms in total. The van der Waals surface area contributed by atoms with E-state index in [9.17, 15) is 4.79 Å². The summed E-state index contributed by atoms with van der Waals surface area (Å²) in [7, 11) is 0. The smallest absolute Gasteiger partial charge is 0.195 e. The number of rotatable bonds is 5. The molecule has 2 aromatic heterocycles. The number of thiophene rings is 1. The summed E-state index contributed by atoms with van der Waals surface area (Å²) in [6.07, 6.45) is 5.51. The lowest BCUT2D eigenvalue weighted by Crippen LogP contribution is -2.17. The molecule has 0 saturated heterocycles. The van der Waals surface area contributed by atoms with Crippen LogP contribution in [0, 0.1) is 0 Å². The third-order valence-corrected chi connectivity index (χ3v) is 4.08. The third-order valence-electron chi connectivity index (χ3n) is 2.84. The van der Waals surface area contributed by atoms with Gasteiger partial charge in [0, 0.05) is 18.8 Å². The lowest BCUT2D eigenvalue weighted by Gasteiger charge is -2.14. The Labute approximate surface area is 115 Å². The maximum absolute atomic E-state index is 12.3. The molecule has 0 spiro atoms. The van der Waals surface area contributed by atoms with Gasteiger partial charge in [0.15, 0.2) is 5.78 Å². The molecular formula is C13H15ClN2OS. The van der Waals surface area contributed by atoms with Gasteiger partial charge in [0.2, 0.25) is 0 Å². The van der Waals surface area contributed by atoms with E-state index in [1.54, 1.807) is 18.3 Å². The molecule has 0 fully saturated rings. The SMILES string of the molecule is CCCc1nccn1C(C)C(=O)c1ccc(Cl)s1. The van der Waals surface area contributed by atoms with Crippen LogP contribution in [0.2, 0.25) is 4.34 Å². The highest BCUT2D eigenvalue weighted by Gasteiger charge is 2.20. The van der Waals surface area contributed by atoms with Gasteiger partial charge in [-0.1, -0.05) is 18.5 Å². The van der Waals surface area contributed by atoms with Gasteiger partial charge in [-0.3, -0.25) is 4.79 Å². The van der Waals surface area contributed by atoms with Crippen LogP contribution in [0.3, 0.4) is 0 Å². The molecule has 0 N–H and O–H groups in total. The van der Waals surface area contributed by atoms with Crippen molar-refractivity contribution < 1.29 is 4.79 Å². The largest absolute Gasteiger partial charge is 0.324 e. The second-order valence-corrected chi connectivity index (χ2v) is 5.86. The standard InChI is InChI=1S/C13H15ClN2OS/c1-3-4-12-15-7-8-16(12)9(2)13(17)10-5-6-11(14)18-10/h5-9H,3-4H2,1-2H3. The van der Waals surface area contributed by atoms with E-state index in [-0.39, 0.29) is 11.8 Å². The molecule has 0 aliphatic rings. The van der Waals surface area contributed by atoms with E-state index in [0.29, 0.717) is 9.21 Å². The first-order chi connectivity index (χ1) is 8.63. The highest BCUT2D eigenvalue weighted by molar-refractivity contribution is 7.18. The van der Waals surface area contributed by atoms with Gasteiger partial charge in [-0.2, -0.15) is 0 Å². The van der Waals surface area contributed by atoms with E-state index in [0.717, 1.165) is 18.7 Å². The number of ketones is 1. The predicted molar refractivity (Wildman–Crippen MR) is 74.6 cm³/mol. The second kappa shape index (κ2) is 5.67. The fourth-order valence-corrected chi connectivity index (χ4v) is 2.96. The molecule has 2 rings (SSSR count). The Morgan fingerprint density at radius 1 is 1.56 bits per heavy atom. The lowest BCUT2D eigenvalue weighted by molar-refractivity contribution is 0.0937. The summed E-state index contributed by atoms with van der Waals surface area (Å²) in [5.74, 6) is 1.04. The van der Waals surface area contributed by atoms with Crippen molar-refractivity contribution in [2.45, 2.75) is 32.7 Å². The maximum Gasteiger partial charge on any atom is 0.195 e. The van der Waals surface area contributed by atoms with E-state index in [4.69, 9.17) is 11.6 Å². The quantitative estimate of drug-likeness (QED) is 0.777. The minimum absolute atomic E-state index is 0.0854. The molecule has 5 heteroatoms. The Hall–Kier alpha value is -1.13. The van der Waals surface area contributed by atoms with Crippen LogP contribution in [-0.4, -0.2) is 15.3 Å². The second-order valence-electron chi connectivity index (χ2n) is 4.14. The average Bonchev–Trinajstić information content (AvgIpc) is 2.97. The van der Waals surface area contributed by atoms with Crippen molar-refractivity contribution in [1.82, 2.24) is 9.55 Å². The van der Waals surface area contributed by atoms with Crippen LogP contribution in [0.5, 0.6) is 0 Å². The minimum Gasteiger partial charge on any atom is -0.324 e. The van der Waals surface area contributed by atoms with Gasteiger partial charge in [-0.25, -0.2) is 4.98 Å². The molecule has 1 atom stereocenters. The summed E-state index contributed by atoms with van der Waals surface area (Å²) in [4.78, 5) is 17.3. The number of hydrogen-bond donors (Lipinski definition) is 0.